The summed E-state index contributed by atoms with van der Waals surface area (Å²) in [6, 6.07) is 0. The third-order valence-corrected chi connectivity index (χ3v) is 3.45. The number of piperidine rings is 1. The molecule has 114 valence electrons. The second-order valence-electron chi connectivity index (χ2n) is 6.36. The van der Waals surface area contributed by atoms with Crippen molar-refractivity contribution in [2.75, 3.05) is 19.6 Å². The maximum atomic E-state index is 11.9. The van der Waals surface area contributed by atoms with Gasteiger partial charge in [-0.05, 0) is 51.5 Å². The van der Waals surface area contributed by atoms with Gasteiger partial charge in [0.15, 0.2) is 0 Å². The summed E-state index contributed by atoms with van der Waals surface area (Å²) < 4.78 is 5.38. The maximum absolute atomic E-state index is 11.9. The molecule has 0 aromatic carbocycles. The molecule has 1 rings (SSSR count). The van der Waals surface area contributed by atoms with Crippen molar-refractivity contribution >= 4 is 6.09 Å². The molecule has 20 heavy (non-hydrogen) atoms. The van der Waals surface area contributed by atoms with Crippen LogP contribution in [0, 0.1) is 5.92 Å². The van der Waals surface area contributed by atoms with Crippen molar-refractivity contribution in [3.05, 3.63) is 10.4 Å². The van der Waals surface area contributed by atoms with E-state index < -0.39 is 5.60 Å². The molecule has 0 unspecified atom stereocenters. The lowest BCUT2D eigenvalue weighted by atomic mass is 9.92. The quantitative estimate of drug-likeness (QED) is 0.329. The molecule has 0 aromatic rings. The van der Waals surface area contributed by atoms with Crippen LogP contribution in [0.4, 0.5) is 4.79 Å². The predicted octanol–water partition coefficient (Wildman–Crippen LogP) is 4.11. The van der Waals surface area contributed by atoms with Gasteiger partial charge in [-0.25, -0.2) is 4.79 Å². The number of carbonyl (C=O) groups is 1. The highest BCUT2D eigenvalue weighted by atomic mass is 16.6. The third-order valence-electron chi connectivity index (χ3n) is 3.45. The Balaban J connectivity index is 2.19. The molecule has 0 N–H and O–H groups in total. The number of rotatable bonds is 5. The molecule has 0 aliphatic carbocycles. The minimum atomic E-state index is -0.421. The van der Waals surface area contributed by atoms with Crippen molar-refractivity contribution in [1.29, 1.82) is 0 Å². The third kappa shape index (κ3) is 6.66. The predicted molar refractivity (Wildman–Crippen MR) is 78.4 cm³/mol. The number of hydrogen-bond donors (Lipinski definition) is 0. The lowest BCUT2D eigenvalue weighted by Gasteiger charge is -2.33. The molecule has 0 spiro atoms. The molecule has 1 aliphatic rings. The standard InChI is InChI=1S/C14H26N4O2/c1-14(2,3)20-13(19)18-10-7-12(8-11-18)6-4-5-9-16-17-15/h12H,4-11H2,1-3H3. The minimum absolute atomic E-state index is 0.195. The Labute approximate surface area is 121 Å². The minimum Gasteiger partial charge on any atom is -0.444 e. The molecule has 6 heteroatoms. The summed E-state index contributed by atoms with van der Waals surface area (Å²) in [6.07, 6.45) is 5.09. The summed E-state index contributed by atoms with van der Waals surface area (Å²) in [6.45, 7) is 7.84. The number of azide groups is 1. The molecule has 0 aromatic heterocycles. The number of ether oxygens (including phenoxy) is 1. The number of carbonyl (C=O) groups excluding carboxylic acids is 1. The molecule has 0 atom stereocenters. The fraction of sp³-hybridized carbons (Fsp3) is 0.929. The van der Waals surface area contributed by atoms with Gasteiger partial charge in [0, 0.05) is 24.5 Å². The molecule has 0 radical (unpaired) electrons. The summed E-state index contributed by atoms with van der Waals surface area (Å²) in [4.78, 5) is 16.5. The summed E-state index contributed by atoms with van der Waals surface area (Å²) in [5.74, 6) is 0.680. The average Bonchev–Trinajstić information content (AvgIpc) is 2.37. The van der Waals surface area contributed by atoms with Crippen molar-refractivity contribution in [2.45, 2.75) is 58.5 Å². The Morgan fingerprint density at radius 3 is 2.55 bits per heavy atom. The van der Waals surface area contributed by atoms with Gasteiger partial charge >= 0.3 is 6.09 Å². The lowest BCUT2D eigenvalue weighted by molar-refractivity contribution is 0.0180. The lowest BCUT2D eigenvalue weighted by Crippen LogP contribution is -2.41. The van der Waals surface area contributed by atoms with Crippen LogP contribution >= 0.6 is 0 Å². The van der Waals surface area contributed by atoms with Crippen LogP contribution in [-0.2, 0) is 4.74 Å². The van der Waals surface area contributed by atoms with Crippen LogP contribution < -0.4 is 0 Å². The van der Waals surface area contributed by atoms with Gasteiger partial charge in [0.25, 0.3) is 0 Å². The Hall–Kier alpha value is -1.42. The summed E-state index contributed by atoms with van der Waals surface area (Å²) in [5, 5.41) is 3.53. The van der Waals surface area contributed by atoms with Crippen molar-refractivity contribution in [3.8, 4) is 0 Å². The number of unbranched alkanes of at least 4 members (excludes halogenated alkanes) is 1. The van der Waals surface area contributed by atoms with Gasteiger partial charge in [0.05, 0.1) is 0 Å². The van der Waals surface area contributed by atoms with E-state index in [0.717, 1.165) is 45.2 Å². The van der Waals surface area contributed by atoms with E-state index in [1.165, 1.54) is 0 Å². The van der Waals surface area contributed by atoms with E-state index >= 15 is 0 Å². The van der Waals surface area contributed by atoms with Crippen LogP contribution in [0.15, 0.2) is 5.11 Å². The van der Waals surface area contributed by atoms with Crippen LogP contribution in [0.2, 0.25) is 0 Å². The first-order valence-corrected chi connectivity index (χ1v) is 7.41. The molecular formula is C14H26N4O2. The second-order valence-corrected chi connectivity index (χ2v) is 6.36. The first-order valence-electron chi connectivity index (χ1n) is 7.41. The zero-order valence-electron chi connectivity index (χ0n) is 12.8. The molecule has 0 bridgehead atoms. The maximum Gasteiger partial charge on any atom is 0.410 e. The smallest absolute Gasteiger partial charge is 0.410 e. The molecule has 1 heterocycles. The van der Waals surface area contributed by atoms with Crippen LogP contribution in [0.5, 0.6) is 0 Å². The first kappa shape index (κ1) is 16.6. The average molecular weight is 282 g/mol. The number of likely N-dealkylation sites (tertiary alicyclic amines) is 1. The highest BCUT2D eigenvalue weighted by Gasteiger charge is 2.26. The van der Waals surface area contributed by atoms with Crippen LogP contribution in [0.1, 0.15) is 52.9 Å². The fourth-order valence-electron chi connectivity index (χ4n) is 2.39. The van der Waals surface area contributed by atoms with E-state index in [4.69, 9.17) is 10.3 Å². The Morgan fingerprint density at radius 1 is 1.35 bits per heavy atom. The first-order chi connectivity index (χ1) is 9.42. The van der Waals surface area contributed by atoms with E-state index in [-0.39, 0.29) is 6.09 Å². The second kappa shape index (κ2) is 8.00. The normalized spacial score (nSPS) is 16.6. The van der Waals surface area contributed by atoms with Gasteiger partial charge in [-0.15, -0.1) is 0 Å². The highest BCUT2D eigenvalue weighted by molar-refractivity contribution is 5.68. The van der Waals surface area contributed by atoms with Crippen LogP contribution in [0.3, 0.4) is 0 Å². The molecule has 0 saturated carbocycles. The van der Waals surface area contributed by atoms with Gasteiger partial charge in [-0.1, -0.05) is 18.0 Å². The Morgan fingerprint density at radius 2 is 2.00 bits per heavy atom. The molecule has 1 fully saturated rings. The molecule has 1 aliphatic heterocycles. The topological polar surface area (TPSA) is 78.3 Å². The summed E-state index contributed by atoms with van der Waals surface area (Å²) in [5.41, 5.74) is 7.76. The van der Waals surface area contributed by atoms with Gasteiger partial charge in [0.2, 0.25) is 0 Å². The number of nitrogens with zero attached hydrogens (tertiary/aromatic N) is 4. The summed E-state index contributed by atoms with van der Waals surface area (Å²) in [7, 11) is 0. The molecule has 6 nitrogen and oxygen atoms in total. The SMILES string of the molecule is CC(C)(C)OC(=O)N1CCC(CCCCN=[N+]=[N-])CC1. The largest absolute Gasteiger partial charge is 0.444 e. The van der Waals surface area contributed by atoms with Crippen molar-refractivity contribution < 1.29 is 9.53 Å². The van der Waals surface area contributed by atoms with Crippen LogP contribution in [-0.4, -0.2) is 36.2 Å². The molecule has 1 amide bonds. The van der Waals surface area contributed by atoms with Crippen LogP contribution in [0.25, 0.3) is 10.4 Å². The van der Waals surface area contributed by atoms with E-state index in [1.54, 1.807) is 0 Å². The van der Waals surface area contributed by atoms with Gasteiger partial charge in [0.1, 0.15) is 5.60 Å². The van der Waals surface area contributed by atoms with E-state index in [1.807, 2.05) is 25.7 Å². The molecule has 1 saturated heterocycles. The van der Waals surface area contributed by atoms with E-state index in [0.29, 0.717) is 12.5 Å². The van der Waals surface area contributed by atoms with Gasteiger partial charge in [-0.2, -0.15) is 0 Å². The highest BCUT2D eigenvalue weighted by Crippen LogP contribution is 2.23. The monoisotopic (exact) mass is 282 g/mol. The van der Waals surface area contributed by atoms with E-state index in [2.05, 4.69) is 10.0 Å². The van der Waals surface area contributed by atoms with Crippen molar-refractivity contribution in [1.82, 2.24) is 4.90 Å². The molecular weight excluding hydrogens is 256 g/mol. The number of amides is 1. The summed E-state index contributed by atoms with van der Waals surface area (Å²) >= 11 is 0. The Bertz CT molecular complexity index is 351. The zero-order valence-corrected chi connectivity index (χ0v) is 12.8. The van der Waals surface area contributed by atoms with Gasteiger partial charge < -0.3 is 9.64 Å². The fourth-order valence-corrected chi connectivity index (χ4v) is 2.39. The van der Waals surface area contributed by atoms with Gasteiger partial charge in [-0.3, -0.25) is 0 Å². The van der Waals surface area contributed by atoms with Crippen molar-refractivity contribution in [2.24, 2.45) is 11.0 Å². The number of hydrogen-bond acceptors (Lipinski definition) is 3. The van der Waals surface area contributed by atoms with E-state index in [9.17, 15) is 4.79 Å². The Kier molecular flexibility index (Phi) is 6.65. The van der Waals surface area contributed by atoms with Crippen molar-refractivity contribution in [3.63, 3.8) is 0 Å². The zero-order chi connectivity index (χ0) is 15.0.